The van der Waals surface area contributed by atoms with Crippen LogP contribution in [0.3, 0.4) is 0 Å². The van der Waals surface area contributed by atoms with Crippen LogP contribution in [0.1, 0.15) is 39.7 Å². The predicted molar refractivity (Wildman–Crippen MR) is 138 cm³/mol. The highest BCUT2D eigenvalue weighted by Gasteiger charge is 2.61. The molecule has 3 aromatic carbocycles. The SMILES string of the molecule is Cc1ccc(NC(=O)COC(=O)CN2C(=O)[C@@H]3C4c5ccccc5C(c5ccccc54)[C@@H]3C2=O)cc1[N+](=O)[O-]. The van der Waals surface area contributed by atoms with Crippen LogP contribution in [0.15, 0.2) is 66.7 Å². The van der Waals surface area contributed by atoms with Crippen LogP contribution in [-0.4, -0.2) is 46.7 Å². The summed E-state index contributed by atoms with van der Waals surface area (Å²) in [6.07, 6.45) is 0. The van der Waals surface area contributed by atoms with Crippen molar-refractivity contribution in [3.8, 4) is 0 Å². The first-order valence-electron chi connectivity index (χ1n) is 12.5. The average molecular weight is 526 g/mol. The number of benzene rings is 3. The molecule has 10 nitrogen and oxygen atoms in total. The maximum atomic E-state index is 13.6. The molecule has 39 heavy (non-hydrogen) atoms. The van der Waals surface area contributed by atoms with Crippen LogP contribution >= 0.6 is 0 Å². The second-order valence-electron chi connectivity index (χ2n) is 9.99. The minimum atomic E-state index is -0.900. The maximum absolute atomic E-state index is 13.6. The van der Waals surface area contributed by atoms with Gasteiger partial charge in [0.1, 0.15) is 6.54 Å². The van der Waals surface area contributed by atoms with E-state index in [-0.39, 0.29) is 23.2 Å². The number of amides is 3. The molecule has 1 N–H and O–H groups in total. The standard InChI is InChI=1S/C29H23N3O7/c1-15-10-11-16(12-21(15)32(37)38)30-22(33)14-39-23(34)13-31-28(35)26-24-17-6-2-3-7-18(17)25(27(26)29(31)36)20-9-5-4-8-19(20)24/h2-12,24-27H,13-14H2,1H3,(H,30,33)/t24?,25?,26-,27+. The molecule has 2 atom stereocenters. The Morgan fingerprint density at radius 1 is 0.897 bits per heavy atom. The molecule has 0 spiro atoms. The van der Waals surface area contributed by atoms with Crippen molar-refractivity contribution < 1.29 is 28.8 Å². The molecule has 196 valence electrons. The van der Waals surface area contributed by atoms with Gasteiger partial charge in [0.05, 0.1) is 16.8 Å². The van der Waals surface area contributed by atoms with E-state index in [9.17, 15) is 29.3 Å². The highest BCUT2D eigenvalue weighted by Crippen LogP contribution is 2.60. The Morgan fingerprint density at radius 3 is 1.90 bits per heavy atom. The van der Waals surface area contributed by atoms with Crippen molar-refractivity contribution in [2.24, 2.45) is 11.8 Å². The zero-order valence-electron chi connectivity index (χ0n) is 20.8. The Balaban J connectivity index is 1.15. The molecule has 1 heterocycles. The van der Waals surface area contributed by atoms with Crippen molar-refractivity contribution in [3.63, 3.8) is 0 Å². The lowest BCUT2D eigenvalue weighted by atomic mass is 9.55. The van der Waals surface area contributed by atoms with E-state index < -0.39 is 53.6 Å². The van der Waals surface area contributed by atoms with Crippen LogP contribution in [0.25, 0.3) is 0 Å². The van der Waals surface area contributed by atoms with Gasteiger partial charge >= 0.3 is 5.97 Å². The fourth-order valence-corrected chi connectivity index (χ4v) is 6.30. The van der Waals surface area contributed by atoms with Crippen LogP contribution in [0.5, 0.6) is 0 Å². The van der Waals surface area contributed by atoms with Gasteiger partial charge in [-0.25, -0.2) is 0 Å². The lowest BCUT2D eigenvalue weighted by molar-refractivity contribution is -0.385. The van der Waals surface area contributed by atoms with Gasteiger partial charge in [0.2, 0.25) is 11.8 Å². The number of rotatable bonds is 6. The van der Waals surface area contributed by atoms with Gasteiger partial charge in [0.15, 0.2) is 6.61 Å². The van der Waals surface area contributed by atoms with Crippen molar-refractivity contribution in [3.05, 3.63) is 105 Å². The minimum absolute atomic E-state index is 0.157. The van der Waals surface area contributed by atoms with Gasteiger partial charge < -0.3 is 10.1 Å². The number of nitrogens with one attached hydrogen (secondary N) is 1. The molecule has 2 bridgehead atoms. The highest BCUT2D eigenvalue weighted by atomic mass is 16.6. The number of hydrogen-bond acceptors (Lipinski definition) is 7. The topological polar surface area (TPSA) is 136 Å². The van der Waals surface area contributed by atoms with Crippen LogP contribution in [-0.2, 0) is 23.9 Å². The number of nitro benzene ring substituents is 1. The molecular weight excluding hydrogens is 502 g/mol. The Kier molecular flexibility index (Phi) is 5.75. The van der Waals surface area contributed by atoms with E-state index >= 15 is 0 Å². The molecule has 0 unspecified atom stereocenters. The summed E-state index contributed by atoms with van der Waals surface area (Å²) in [4.78, 5) is 63.5. The molecule has 7 rings (SSSR count). The van der Waals surface area contributed by atoms with Crippen LogP contribution in [0.4, 0.5) is 11.4 Å². The smallest absolute Gasteiger partial charge is 0.326 e. The van der Waals surface area contributed by atoms with E-state index in [2.05, 4.69) is 5.32 Å². The van der Waals surface area contributed by atoms with E-state index in [4.69, 9.17) is 4.74 Å². The van der Waals surface area contributed by atoms with Gasteiger partial charge in [-0.3, -0.25) is 34.2 Å². The normalized spacial score (nSPS) is 22.1. The van der Waals surface area contributed by atoms with E-state index in [0.29, 0.717) is 5.56 Å². The van der Waals surface area contributed by atoms with Gasteiger partial charge in [-0.1, -0.05) is 54.6 Å². The Hall–Kier alpha value is -4.86. The molecule has 3 aliphatic carbocycles. The monoisotopic (exact) mass is 525 g/mol. The molecule has 3 aromatic rings. The first kappa shape index (κ1) is 24.5. The third kappa shape index (κ3) is 3.87. The van der Waals surface area contributed by atoms with Gasteiger partial charge in [-0.2, -0.15) is 0 Å². The Bertz CT molecular complexity index is 1470. The van der Waals surface area contributed by atoms with E-state index in [0.717, 1.165) is 27.2 Å². The number of likely N-dealkylation sites (tertiary alicyclic amines) is 1. The van der Waals surface area contributed by atoms with Crippen LogP contribution in [0.2, 0.25) is 0 Å². The first-order chi connectivity index (χ1) is 18.8. The summed E-state index contributed by atoms with van der Waals surface area (Å²) in [6.45, 7) is 0.303. The van der Waals surface area contributed by atoms with Gasteiger partial charge in [-0.05, 0) is 35.2 Å². The molecule has 0 radical (unpaired) electrons. The largest absolute Gasteiger partial charge is 0.454 e. The molecule has 0 aromatic heterocycles. The quantitative estimate of drug-likeness (QED) is 0.226. The zero-order chi connectivity index (χ0) is 27.4. The summed E-state index contributed by atoms with van der Waals surface area (Å²) in [6, 6.07) is 19.9. The number of aryl methyl sites for hydroxylation is 1. The predicted octanol–water partition coefficient (Wildman–Crippen LogP) is 3.28. The van der Waals surface area contributed by atoms with Crippen molar-refractivity contribution >= 4 is 35.1 Å². The molecule has 10 heteroatoms. The molecule has 0 saturated carbocycles. The molecular formula is C29H23N3O7. The zero-order valence-corrected chi connectivity index (χ0v) is 20.8. The van der Waals surface area contributed by atoms with Crippen molar-refractivity contribution in [2.45, 2.75) is 18.8 Å². The molecule has 3 amide bonds. The number of carbonyl (C=O) groups is 4. The van der Waals surface area contributed by atoms with Crippen molar-refractivity contribution in [2.75, 3.05) is 18.5 Å². The average Bonchev–Trinajstić information content (AvgIpc) is 3.18. The van der Waals surface area contributed by atoms with Crippen LogP contribution in [0, 0.1) is 28.9 Å². The number of anilines is 1. The summed E-state index contributed by atoms with van der Waals surface area (Å²) in [5, 5.41) is 13.6. The number of imide groups is 1. The van der Waals surface area contributed by atoms with E-state index in [1.165, 1.54) is 18.2 Å². The van der Waals surface area contributed by atoms with E-state index in [1.807, 2.05) is 48.5 Å². The third-order valence-electron chi connectivity index (χ3n) is 7.88. The second-order valence-corrected chi connectivity index (χ2v) is 9.99. The number of carbonyl (C=O) groups excluding carboxylic acids is 4. The van der Waals surface area contributed by atoms with Crippen LogP contribution < -0.4 is 5.32 Å². The number of ether oxygens (including phenoxy) is 1. The summed E-state index contributed by atoms with van der Waals surface area (Å²) in [5.41, 5.74) is 4.57. The van der Waals surface area contributed by atoms with E-state index in [1.54, 1.807) is 6.92 Å². The molecule has 1 aliphatic heterocycles. The van der Waals surface area contributed by atoms with Crippen molar-refractivity contribution in [1.29, 1.82) is 0 Å². The second kappa shape index (κ2) is 9.16. The highest BCUT2D eigenvalue weighted by molar-refractivity contribution is 6.09. The fraction of sp³-hybridized carbons (Fsp3) is 0.241. The maximum Gasteiger partial charge on any atom is 0.326 e. The lowest BCUT2D eigenvalue weighted by Gasteiger charge is -2.45. The molecule has 1 fully saturated rings. The third-order valence-corrected chi connectivity index (χ3v) is 7.88. The molecule has 1 saturated heterocycles. The van der Waals surface area contributed by atoms with Gasteiger partial charge in [0, 0.05) is 29.2 Å². The summed E-state index contributed by atoms with van der Waals surface area (Å²) >= 11 is 0. The first-order valence-corrected chi connectivity index (χ1v) is 12.5. The van der Waals surface area contributed by atoms with Gasteiger partial charge in [-0.15, -0.1) is 0 Å². The van der Waals surface area contributed by atoms with Gasteiger partial charge in [0.25, 0.3) is 11.6 Å². The Morgan fingerprint density at radius 2 is 1.41 bits per heavy atom. The summed E-state index contributed by atoms with van der Waals surface area (Å²) in [7, 11) is 0. The lowest BCUT2D eigenvalue weighted by Crippen LogP contribution is -2.41. The number of esters is 1. The number of hydrogen-bond donors (Lipinski definition) is 1. The molecule has 4 aliphatic rings. The van der Waals surface area contributed by atoms with Crippen molar-refractivity contribution in [1.82, 2.24) is 4.90 Å². The number of nitrogens with zero attached hydrogens (tertiary/aromatic N) is 2. The number of nitro groups is 1. The summed E-state index contributed by atoms with van der Waals surface area (Å²) in [5.74, 6) is -4.24. The Labute approximate surface area is 222 Å². The summed E-state index contributed by atoms with van der Waals surface area (Å²) < 4.78 is 5.05. The minimum Gasteiger partial charge on any atom is -0.454 e. The fourth-order valence-electron chi connectivity index (χ4n) is 6.30.